The Morgan fingerprint density at radius 2 is 2.05 bits per heavy atom. The van der Waals surface area contributed by atoms with E-state index in [4.69, 9.17) is 16.0 Å². The van der Waals surface area contributed by atoms with E-state index in [1.165, 1.54) is 12.8 Å². The van der Waals surface area contributed by atoms with Gasteiger partial charge in [-0.2, -0.15) is 0 Å². The van der Waals surface area contributed by atoms with E-state index in [0.29, 0.717) is 0 Å². The van der Waals surface area contributed by atoms with E-state index < -0.39 is 0 Å². The van der Waals surface area contributed by atoms with Crippen molar-refractivity contribution in [1.29, 1.82) is 0 Å². The molecule has 0 saturated heterocycles. The molecule has 2 aromatic rings. The zero-order chi connectivity index (χ0) is 13.1. The summed E-state index contributed by atoms with van der Waals surface area (Å²) < 4.78 is 5.75. The standard InChI is InChI=1S/C15H17ClN2O/c16-12-5-3-11(4-6-12)14-10-18-15(19-14)2-1-9-17-13-7-8-13/h3-6,10,13,17H,1-2,7-9H2. The Labute approximate surface area is 118 Å². The second-order valence-electron chi connectivity index (χ2n) is 4.96. The summed E-state index contributed by atoms with van der Waals surface area (Å²) in [5.74, 6) is 1.62. The molecule has 1 aromatic carbocycles. The van der Waals surface area contributed by atoms with Crippen molar-refractivity contribution in [1.82, 2.24) is 10.3 Å². The number of aryl methyl sites for hydroxylation is 1. The van der Waals surface area contributed by atoms with Gasteiger partial charge in [-0.05, 0) is 50.1 Å². The van der Waals surface area contributed by atoms with Crippen LogP contribution in [0.1, 0.15) is 25.2 Å². The second kappa shape index (κ2) is 5.76. The molecule has 0 radical (unpaired) electrons. The van der Waals surface area contributed by atoms with Gasteiger partial charge < -0.3 is 9.73 Å². The Balaban J connectivity index is 1.54. The molecule has 1 aliphatic carbocycles. The number of oxazole rings is 1. The number of halogens is 1. The first-order valence-electron chi connectivity index (χ1n) is 6.75. The van der Waals surface area contributed by atoms with Crippen molar-refractivity contribution >= 4 is 11.6 Å². The van der Waals surface area contributed by atoms with Crippen molar-refractivity contribution in [2.24, 2.45) is 0 Å². The van der Waals surface area contributed by atoms with Crippen LogP contribution in [0.4, 0.5) is 0 Å². The summed E-state index contributed by atoms with van der Waals surface area (Å²) in [6, 6.07) is 8.38. The van der Waals surface area contributed by atoms with Crippen molar-refractivity contribution in [3.63, 3.8) is 0 Å². The van der Waals surface area contributed by atoms with Crippen molar-refractivity contribution in [3.8, 4) is 11.3 Å². The summed E-state index contributed by atoms with van der Waals surface area (Å²) in [7, 11) is 0. The van der Waals surface area contributed by atoms with E-state index in [9.17, 15) is 0 Å². The quantitative estimate of drug-likeness (QED) is 0.818. The number of aromatic nitrogens is 1. The minimum Gasteiger partial charge on any atom is -0.441 e. The molecule has 0 bridgehead atoms. The number of hydrogen-bond acceptors (Lipinski definition) is 3. The molecule has 0 spiro atoms. The first kappa shape index (κ1) is 12.7. The van der Waals surface area contributed by atoms with Crippen molar-refractivity contribution in [2.45, 2.75) is 31.7 Å². The average Bonchev–Trinajstić information content (AvgIpc) is 3.13. The Hall–Kier alpha value is -1.32. The van der Waals surface area contributed by atoms with E-state index in [1.807, 2.05) is 24.3 Å². The molecule has 0 amide bonds. The fourth-order valence-corrected chi connectivity index (χ4v) is 2.13. The van der Waals surface area contributed by atoms with Crippen molar-refractivity contribution in [3.05, 3.63) is 41.4 Å². The first-order valence-corrected chi connectivity index (χ1v) is 7.13. The third kappa shape index (κ3) is 3.58. The van der Waals surface area contributed by atoms with Crippen LogP contribution in [0, 0.1) is 0 Å². The van der Waals surface area contributed by atoms with Crippen molar-refractivity contribution < 1.29 is 4.42 Å². The molecule has 19 heavy (non-hydrogen) atoms. The summed E-state index contributed by atoms with van der Waals surface area (Å²) in [5.41, 5.74) is 1.01. The summed E-state index contributed by atoms with van der Waals surface area (Å²) in [4.78, 5) is 4.32. The molecule has 4 heteroatoms. The van der Waals surface area contributed by atoms with Crippen LogP contribution in [0.25, 0.3) is 11.3 Å². The molecule has 1 N–H and O–H groups in total. The molecule has 1 aromatic heterocycles. The molecule has 1 saturated carbocycles. The summed E-state index contributed by atoms with van der Waals surface area (Å²) in [6.07, 6.45) is 6.40. The van der Waals surface area contributed by atoms with Gasteiger partial charge in [-0.15, -0.1) is 0 Å². The van der Waals surface area contributed by atoms with Crippen LogP contribution in [-0.2, 0) is 6.42 Å². The Morgan fingerprint density at radius 3 is 2.79 bits per heavy atom. The fraction of sp³-hybridized carbons (Fsp3) is 0.400. The van der Waals surface area contributed by atoms with Gasteiger partial charge in [0.25, 0.3) is 0 Å². The van der Waals surface area contributed by atoms with E-state index >= 15 is 0 Å². The van der Waals surface area contributed by atoms with Gasteiger partial charge >= 0.3 is 0 Å². The van der Waals surface area contributed by atoms with Gasteiger partial charge in [-0.25, -0.2) is 4.98 Å². The van der Waals surface area contributed by atoms with Crippen LogP contribution in [0.3, 0.4) is 0 Å². The highest BCUT2D eigenvalue weighted by molar-refractivity contribution is 6.30. The molecule has 0 atom stereocenters. The average molecular weight is 277 g/mol. The molecule has 1 fully saturated rings. The molecule has 0 aliphatic heterocycles. The number of hydrogen-bond donors (Lipinski definition) is 1. The van der Waals surface area contributed by atoms with E-state index in [1.54, 1.807) is 6.20 Å². The lowest BCUT2D eigenvalue weighted by Gasteiger charge is -2.00. The van der Waals surface area contributed by atoms with Crippen LogP contribution in [-0.4, -0.2) is 17.6 Å². The van der Waals surface area contributed by atoms with Crippen LogP contribution in [0.5, 0.6) is 0 Å². The smallest absolute Gasteiger partial charge is 0.194 e. The third-order valence-corrected chi connectivity index (χ3v) is 3.51. The van der Waals surface area contributed by atoms with Gasteiger partial charge in [0.1, 0.15) is 0 Å². The Kier molecular flexibility index (Phi) is 3.85. The number of nitrogens with one attached hydrogen (secondary N) is 1. The predicted molar refractivity (Wildman–Crippen MR) is 76.3 cm³/mol. The SMILES string of the molecule is Clc1ccc(-c2cnc(CCCNC3CC3)o2)cc1. The van der Waals surface area contributed by atoms with Crippen LogP contribution >= 0.6 is 11.6 Å². The minimum atomic E-state index is 0.731. The van der Waals surface area contributed by atoms with Crippen LogP contribution in [0.2, 0.25) is 5.02 Å². The lowest BCUT2D eigenvalue weighted by atomic mass is 10.2. The monoisotopic (exact) mass is 276 g/mol. The zero-order valence-corrected chi connectivity index (χ0v) is 11.5. The second-order valence-corrected chi connectivity index (χ2v) is 5.39. The number of rotatable bonds is 6. The summed E-state index contributed by atoms with van der Waals surface area (Å²) >= 11 is 5.87. The highest BCUT2D eigenvalue weighted by Gasteiger charge is 2.19. The Morgan fingerprint density at radius 1 is 1.26 bits per heavy atom. The molecule has 1 aliphatic rings. The van der Waals surface area contributed by atoms with Gasteiger partial charge in [0.2, 0.25) is 0 Å². The van der Waals surface area contributed by atoms with Gasteiger partial charge in [0.05, 0.1) is 6.20 Å². The molecular formula is C15H17ClN2O. The van der Waals surface area contributed by atoms with E-state index in [-0.39, 0.29) is 0 Å². The molecule has 3 nitrogen and oxygen atoms in total. The predicted octanol–water partition coefficient (Wildman–Crippen LogP) is 3.68. The van der Waals surface area contributed by atoms with Crippen LogP contribution < -0.4 is 5.32 Å². The fourth-order valence-electron chi connectivity index (χ4n) is 2.01. The number of benzene rings is 1. The molecule has 100 valence electrons. The summed E-state index contributed by atoms with van der Waals surface area (Å²) in [6.45, 7) is 1.04. The lowest BCUT2D eigenvalue weighted by molar-refractivity contribution is 0.491. The maximum atomic E-state index is 5.87. The summed E-state index contributed by atoms with van der Waals surface area (Å²) in [5, 5.41) is 4.22. The molecule has 1 heterocycles. The third-order valence-electron chi connectivity index (χ3n) is 3.26. The molecule has 3 rings (SSSR count). The topological polar surface area (TPSA) is 38.1 Å². The van der Waals surface area contributed by atoms with Gasteiger partial charge in [-0.1, -0.05) is 11.6 Å². The zero-order valence-electron chi connectivity index (χ0n) is 10.7. The largest absolute Gasteiger partial charge is 0.441 e. The van der Waals surface area contributed by atoms with Crippen LogP contribution in [0.15, 0.2) is 34.9 Å². The minimum absolute atomic E-state index is 0.731. The van der Waals surface area contributed by atoms with Crippen molar-refractivity contribution in [2.75, 3.05) is 6.54 Å². The lowest BCUT2D eigenvalue weighted by Crippen LogP contribution is -2.17. The maximum absolute atomic E-state index is 5.87. The first-order chi connectivity index (χ1) is 9.31. The van der Waals surface area contributed by atoms with E-state index in [2.05, 4.69) is 10.3 Å². The molecular weight excluding hydrogens is 260 g/mol. The van der Waals surface area contributed by atoms with Gasteiger partial charge in [0.15, 0.2) is 11.7 Å². The van der Waals surface area contributed by atoms with Gasteiger partial charge in [-0.3, -0.25) is 0 Å². The number of nitrogens with zero attached hydrogens (tertiary/aromatic N) is 1. The molecule has 0 unspecified atom stereocenters. The van der Waals surface area contributed by atoms with E-state index in [0.717, 1.165) is 47.7 Å². The highest BCUT2D eigenvalue weighted by Crippen LogP contribution is 2.23. The maximum Gasteiger partial charge on any atom is 0.194 e. The normalized spacial score (nSPS) is 14.8. The Bertz CT molecular complexity index is 531. The van der Waals surface area contributed by atoms with Gasteiger partial charge in [0, 0.05) is 23.0 Å². The highest BCUT2D eigenvalue weighted by atomic mass is 35.5.